The van der Waals surface area contributed by atoms with Gasteiger partial charge in [0.25, 0.3) is 5.91 Å². The van der Waals surface area contributed by atoms with Crippen molar-refractivity contribution in [1.29, 1.82) is 0 Å². The Balaban J connectivity index is 1.40. The van der Waals surface area contributed by atoms with Crippen LogP contribution in [0.1, 0.15) is 27.0 Å². The van der Waals surface area contributed by atoms with Crippen LogP contribution in [0.2, 0.25) is 10.0 Å². The molecule has 0 saturated carbocycles. The number of carbonyl (C=O) groups excluding carboxylic acids is 1. The number of nitrogens with one attached hydrogen (secondary N) is 1. The first-order chi connectivity index (χ1) is 18.0. The molecule has 4 aromatic carbocycles. The van der Waals surface area contributed by atoms with E-state index in [2.05, 4.69) is 10.5 Å². The van der Waals surface area contributed by atoms with Crippen molar-refractivity contribution < 1.29 is 19.0 Å². The number of ether oxygens (including phenoxy) is 3. The molecule has 0 spiro atoms. The number of methoxy groups -OCH3 is 1. The average Bonchev–Trinajstić information content (AvgIpc) is 2.92. The fraction of sp³-hybridized carbons (Fsp3) is 0.103. The van der Waals surface area contributed by atoms with Crippen LogP contribution in [0, 0.1) is 0 Å². The maximum absolute atomic E-state index is 12.3. The lowest BCUT2D eigenvalue weighted by atomic mass is 10.2. The van der Waals surface area contributed by atoms with Crippen LogP contribution < -0.4 is 19.6 Å². The zero-order valence-electron chi connectivity index (χ0n) is 20.0. The van der Waals surface area contributed by atoms with E-state index in [9.17, 15) is 4.79 Å². The molecule has 0 aliphatic heterocycles. The van der Waals surface area contributed by atoms with Crippen molar-refractivity contribution in [3.05, 3.63) is 123 Å². The molecule has 4 aromatic rings. The minimum absolute atomic E-state index is 0.273. The van der Waals surface area contributed by atoms with Crippen molar-refractivity contribution in [2.75, 3.05) is 7.11 Å². The molecule has 1 amide bonds. The van der Waals surface area contributed by atoms with E-state index in [4.69, 9.17) is 37.4 Å². The summed E-state index contributed by atoms with van der Waals surface area (Å²) in [6.45, 7) is 0.712. The minimum atomic E-state index is -0.362. The Morgan fingerprint density at radius 2 is 1.46 bits per heavy atom. The highest BCUT2D eigenvalue weighted by molar-refractivity contribution is 6.31. The molecule has 0 fully saturated rings. The largest absolute Gasteiger partial charge is 0.493 e. The lowest BCUT2D eigenvalue weighted by Crippen LogP contribution is -2.17. The van der Waals surface area contributed by atoms with Crippen LogP contribution in [0.15, 0.2) is 96.1 Å². The van der Waals surface area contributed by atoms with Gasteiger partial charge in [-0.05, 0) is 65.7 Å². The average molecular weight is 535 g/mol. The standard InChI is InChI=1S/C29H24Cl2N2O4/c1-35-28-15-21(7-13-27(28)37-18-20-5-3-2-4-6-20)19-36-26-14-12-25(31)16-23(26)17-32-33-29(34)22-8-10-24(30)11-9-22/h2-17H,18-19H2,1H3,(H,33,34)/b32-17+. The molecule has 37 heavy (non-hydrogen) atoms. The van der Waals surface area contributed by atoms with Crippen LogP contribution >= 0.6 is 23.2 Å². The maximum atomic E-state index is 12.3. The van der Waals surface area contributed by atoms with Gasteiger partial charge in [0.2, 0.25) is 0 Å². The molecular formula is C29H24Cl2N2O4. The Labute approximate surface area is 225 Å². The summed E-state index contributed by atoms with van der Waals surface area (Å²) in [5, 5.41) is 5.11. The lowest BCUT2D eigenvalue weighted by Gasteiger charge is -2.14. The first-order valence-corrected chi connectivity index (χ1v) is 12.1. The molecule has 1 N–H and O–H groups in total. The van der Waals surface area contributed by atoms with E-state index in [-0.39, 0.29) is 12.5 Å². The highest BCUT2D eigenvalue weighted by atomic mass is 35.5. The van der Waals surface area contributed by atoms with E-state index in [1.807, 2.05) is 48.5 Å². The van der Waals surface area contributed by atoms with E-state index in [0.717, 1.165) is 11.1 Å². The summed E-state index contributed by atoms with van der Waals surface area (Å²) >= 11 is 12.0. The van der Waals surface area contributed by atoms with Gasteiger partial charge in [0, 0.05) is 21.2 Å². The van der Waals surface area contributed by atoms with Gasteiger partial charge in [-0.2, -0.15) is 5.10 Å². The molecule has 0 aliphatic carbocycles. The van der Waals surface area contributed by atoms with Crippen molar-refractivity contribution in [2.24, 2.45) is 5.10 Å². The molecule has 0 saturated heterocycles. The van der Waals surface area contributed by atoms with Crippen molar-refractivity contribution in [2.45, 2.75) is 13.2 Å². The summed E-state index contributed by atoms with van der Waals surface area (Å²) in [7, 11) is 1.60. The fourth-order valence-electron chi connectivity index (χ4n) is 3.40. The zero-order chi connectivity index (χ0) is 26.0. The minimum Gasteiger partial charge on any atom is -0.493 e. The van der Waals surface area contributed by atoms with Crippen LogP contribution in [0.25, 0.3) is 0 Å². The molecule has 188 valence electrons. The smallest absolute Gasteiger partial charge is 0.271 e. The topological polar surface area (TPSA) is 69.2 Å². The van der Waals surface area contributed by atoms with Gasteiger partial charge < -0.3 is 14.2 Å². The second-order valence-corrected chi connectivity index (χ2v) is 8.81. The van der Waals surface area contributed by atoms with Gasteiger partial charge in [-0.3, -0.25) is 4.79 Å². The Kier molecular flexibility index (Phi) is 9.03. The van der Waals surface area contributed by atoms with Gasteiger partial charge in [-0.1, -0.05) is 59.6 Å². The number of carbonyl (C=O) groups is 1. The molecular weight excluding hydrogens is 511 g/mol. The predicted molar refractivity (Wildman–Crippen MR) is 146 cm³/mol. The monoisotopic (exact) mass is 534 g/mol. The van der Waals surface area contributed by atoms with Gasteiger partial charge in [0.1, 0.15) is 19.0 Å². The third-order valence-corrected chi connectivity index (χ3v) is 5.79. The van der Waals surface area contributed by atoms with Crippen LogP contribution in [0.3, 0.4) is 0 Å². The third kappa shape index (κ3) is 7.49. The lowest BCUT2D eigenvalue weighted by molar-refractivity contribution is 0.0955. The van der Waals surface area contributed by atoms with Crippen molar-refractivity contribution in [1.82, 2.24) is 5.43 Å². The zero-order valence-corrected chi connectivity index (χ0v) is 21.5. The highest BCUT2D eigenvalue weighted by Gasteiger charge is 2.09. The Morgan fingerprint density at radius 3 is 2.22 bits per heavy atom. The summed E-state index contributed by atoms with van der Waals surface area (Å²) in [6, 6.07) is 27.3. The van der Waals surface area contributed by atoms with E-state index in [1.165, 1.54) is 6.21 Å². The van der Waals surface area contributed by atoms with Crippen molar-refractivity contribution >= 4 is 35.3 Å². The number of amides is 1. The second-order valence-electron chi connectivity index (χ2n) is 7.94. The number of hydrogen-bond donors (Lipinski definition) is 1. The summed E-state index contributed by atoms with van der Waals surface area (Å²) in [4.78, 5) is 12.3. The number of hydrogen-bond acceptors (Lipinski definition) is 5. The predicted octanol–water partition coefficient (Wildman–Crippen LogP) is 6.92. The van der Waals surface area contributed by atoms with Crippen LogP contribution in [0.5, 0.6) is 17.2 Å². The summed E-state index contributed by atoms with van der Waals surface area (Å²) < 4.78 is 17.5. The van der Waals surface area contributed by atoms with Gasteiger partial charge in [0.15, 0.2) is 11.5 Å². The molecule has 0 atom stereocenters. The van der Waals surface area contributed by atoms with Crippen LogP contribution in [-0.2, 0) is 13.2 Å². The molecule has 0 unspecified atom stereocenters. The number of rotatable bonds is 10. The maximum Gasteiger partial charge on any atom is 0.271 e. The Morgan fingerprint density at radius 1 is 0.784 bits per heavy atom. The number of hydrazone groups is 1. The fourth-order valence-corrected chi connectivity index (χ4v) is 3.70. The van der Waals surface area contributed by atoms with E-state index < -0.39 is 0 Å². The van der Waals surface area contributed by atoms with Crippen LogP contribution in [0.4, 0.5) is 0 Å². The normalized spacial score (nSPS) is 10.8. The molecule has 0 heterocycles. The van der Waals surface area contributed by atoms with Gasteiger partial charge >= 0.3 is 0 Å². The van der Waals surface area contributed by atoms with E-state index in [0.29, 0.717) is 45.0 Å². The molecule has 0 aliphatic rings. The van der Waals surface area contributed by atoms with E-state index in [1.54, 1.807) is 49.6 Å². The van der Waals surface area contributed by atoms with Crippen molar-refractivity contribution in [3.8, 4) is 17.2 Å². The molecule has 8 heteroatoms. The first-order valence-electron chi connectivity index (χ1n) is 11.4. The quantitative estimate of drug-likeness (QED) is 0.177. The summed E-state index contributed by atoms with van der Waals surface area (Å²) in [5.74, 6) is 1.45. The van der Waals surface area contributed by atoms with Crippen LogP contribution in [-0.4, -0.2) is 19.2 Å². The van der Waals surface area contributed by atoms with Crippen molar-refractivity contribution in [3.63, 3.8) is 0 Å². The third-order valence-electron chi connectivity index (χ3n) is 5.31. The molecule has 6 nitrogen and oxygen atoms in total. The second kappa shape index (κ2) is 12.8. The SMILES string of the molecule is COc1cc(COc2ccc(Cl)cc2/C=N/NC(=O)c2ccc(Cl)cc2)ccc1OCc1ccccc1. The number of halogens is 2. The summed E-state index contributed by atoms with van der Waals surface area (Å²) in [6.07, 6.45) is 1.48. The number of benzene rings is 4. The molecule has 0 bridgehead atoms. The highest BCUT2D eigenvalue weighted by Crippen LogP contribution is 2.30. The van der Waals surface area contributed by atoms with Gasteiger partial charge in [-0.15, -0.1) is 0 Å². The number of nitrogens with zero attached hydrogens (tertiary/aromatic N) is 1. The van der Waals surface area contributed by atoms with E-state index >= 15 is 0 Å². The summed E-state index contributed by atoms with van der Waals surface area (Å²) in [5.41, 5.74) is 5.49. The van der Waals surface area contributed by atoms with Gasteiger partial charge in [-0.25, -0.2) is 5.43 Å². The molecule has 4 rings (SSSR count). The molecule has 0 radical (unpaired) electrons. The Hall–Kier alpha value is -4.00. The first kappa shape index (κ1) is 26.1. The molecule has 0 aromatic heterocycles. The van der Waals surface area contributed by atoms with Gasteiger partial charge in [0.05, 0.1) is 13.3 Å². The Bertz CT molecular complexity index is 1380.